The molecule has 1 aliphatic rings. The van der Waals surface area contributed by atoms with E-state index in [0.717, 1.165) is 25.8 Å². The first-order valence-electron chi connectivity index (χ1n) is 11.3. The monoisotopic (exact) mass is 455 g/mol. The number of piperidine rings is 1. The van der Waals surface area contributed by atoms with Crippen molar-refractivity contribution in [3.63, 3.8) is 0 Å². The molecule has 0 saturated carbocycles. The Morgan fingerprint density at radius 3 is 2.41 bits per heavy atom. The lowest BCUT2D eigenvalue weighted by Crippen LogP contribution is -2.60. The van der Waals surface area contributed by atoms with Crippen molar-refractivity contribution in [2.24, 2.45) is 5.92 Å². The number of amides is 2. The van der Waals surface area contributed by atoms with Gasteiger partial charge in [0, 0.05) is 19.2 Å². The van der Waals surface area contributed by atoms with Crippen LogP contribution in [0.3, 0.4) is 0 Å². The van der Waals surface area contributed by atoms with Crippen LogP contribution in [-0.2, 0) is 19.1 Å². The van der Waals surface area contributed by atoms with Crippen LogP contribution < -0.4 is 5.32 Å². The third-order valence-corrected chi connectivity index (χ3v) is 5.66. The van der Waals surface area contributed by atoms with Crippen LogP contribution in [0.2, 0.25) is 0 Å². The van der Waals surface area contributed by atoms with Gasteiger partial charge in [0.05, 0.1) is 18.2 Å². The number of likely N-dealkylation sites (N-methyl/N-ethyl adjacent to an activating group) is 1. The minimum Gasteiger partial charge on any atom is -0.463 e. The van der Waals surface area contributed by atoms with Crippen molar-refractivity contribution in [1.29, 1.82) is 0 Å². The number of carbonyl (C=O) groups excluding carboxylic acids is 3. The molecular weight excluding hydrogens is 414 g/mol. The molecule has 2 unspecified atom stereocenters. The fraction of sp³-hybridized carbons (Fsp3) is 0.783. The lowest BCUT2D eigenvalue weighted by atomic mass is 9.94. The molecule has 3 atom stereocenters. The molecule has 32 heavy (non-hydrogen) atoms. The number of hydrogen-bond donors (Lipinski definition) is 2. The zero-order chi connectivity index (χ0) is 24.6. The Bertz CT molecular complexity index is 686. The quantitative estimate of drug-likeness (QED) is 0.406. The molecule has 9 heteroatoms. The lowest BCUT2D eigenvalue weighted by molar-refractivity contribution is -0.141. The fourth-order valence-corrected chi connectivity index (χ4v) is 3.68. The normalized spacial score (nSPS) is 19.8. The van der Waals surface area contributed by atoms with Crippen molar-refractivity contribution >= 4 is 18.0 Å². The minimum absolute atomic E-state index is 0.0291. The van der Waals surface area contributed by atoms with Crippen molar-refractivity contribution in [1.82, 2.24) is 15.1 Å². The van der Waals surface area contributed by atoms with E-state index in [4.69, 9.17) is 9.47 Å². The molecule has 0 bridgehead atoms. The molecule has 1 heterocycles. The van der Waals surface area contributed by atoms with Gasteiger partial charge in [0.1, 0.15) is 6.04 Å². The summed E-state index contributed by atoms with van der Waals surface area (Å²) in [5, 5.41) is 13.2. The molecule has 0 spiro atoms. The van der Waals surface area contributed by atoms with E-state index in [1.54, 1.807) is 27.0 Å². The van der Waals surface area contributed by atoms with Crippen LogP contribution in [-0.4, -0.2) is 84.0 Å². The Morgan fingerprint density at radius 2 is 1.91 bits per heavy atom. The smallest absolute Gasteiger partial charge is 0.409 e. The van der Waals surface area contributed by atoms with Gasteiger partial charge in [-0.2, -0.15) is 0 Å². The molecule has 0 radical (unpaired) electrons. The number of likely N-dealkylation sites (tertiary alicyclic amines) is 1. The third-order valence-electron chi connectivity index (χ3n) is 5.66. The number of rotatable bonds is 9. The lowest BCUT2D eigenvalue weighted by Gasteiger charge is -2.37. The molecule has 1 saturated heterocycles. The summed E-state index contributed by atoms with van der Waals surface area (Å²) < 4.78 is 10.5. The molecule has 2 N–H and O–H groups in total. The topological polar surface area (TPSA) is 108 Å². The molecule has 0 aliphatic carbocycles. The van der Waals surface area contributed by atoms with Crippen LogP contribution in [0.5, 0.6) is 0 Å². The van der Waals surface area contributed by atoms with Gasteiger partial charge in [-0.3, -0.25) is 9.69 Å². The number of aliphatic hydroxyl groups is 1. The van der Waals surface area contributed by atoms with Gasteiger partial charge < -0.3 is 24.8 Å². The van der Waals surface area contributed by atoms with Crippen molar-refractivity contribution in [3.05, 3.63) is 11.6 Å². The molecule has 1 aliphatic heterocycles. The van der Waals surface area contributed by atoms with E-state index < -0.39 is 35.7 Å². The maximum absolute atomic E-state index is 13.3. The van der Waals surface area contributed by atoms with Crippen molar-refractivity contribution in [2.45, 2.75) is 84.7 Å². The maximum atomic E-state index is 13.3. The Labute approximate surface area is 192 Å². The highest BCUT2D eigenvalue weighted by atomic mass is 16.6. The fourth-order valence-electron chi connectivity index (χ4n) is 3.68. The van der Waals surface area contributed by atoms with Gasteiger partial charge in [-0.05, 0) is 59.9 Å². The van der Waals surface area contributed by atoms with E-state index in [2.05, 4.69) is 5.32 Å². The number of alkyl carbamates (subject to hydrolysis) is 1. The van der Waals surface area contributed by atoms with Gasteiger partial charge in [-0.1, -0.05) is 19.9 Å². The second-order valence-corrected chi connectivity index (χ2v) is 9.32. The summed E-state index contributed by atoms with van der Waals surface area (Å²) in [6.45, 7) is 11.2. The number of ether oxygens (including phenoxy) is 2. The van der Waals surface area contributed by atoms with Gasteiger partial charge in [0.2, 0.25) is 5.91 Å². The first-order valence-corrected chi connectivity index (χ1v) is 11.3. The van der Waals surface area contributed by atoms with Crippen molar-refractivity contribution in [3.8, 4) is 0 Å². The number of carbonyl (C=O) groups is 3. The molecule has 0 aromatic carbocycles. The van der Waals surface area contributed by atoms with Crippen LogP contribution in [0.4, 0.5) is 4.79 Å². The molecular formula is C23H41N3O6. The Hall–Kier alpha value is -2.13. The third kappa shape index (κ3) is 8.09. The summed E-state index contributed by atoms with van der Waals surface area (Å²) in [7, 11) is 3.47. The largest absolute Gasteiger partial charge is 0.463 e. The average molecular weight is 456 g/mol. The van der Waals surface area contributed by atoms with Gasteiger partial charge in [-0.25, -0.2) is 9.59 Å². The number of nitrogens with one attached hydrogen (secondary N) is 1. The summed E-state index contributed by atoms with van der Waals surface area (Å²) in [6, 6.07) is -1.68. The summed E-state index contributed by atoms with van der Waals surface area (Å²) in [5.74, 6) is -0.965. The van der Waals surface area contributed by atoms with Gasteiger partial charge in [0.15, 0.2) is 6.23 Å². The summed E-state index contributed by atoms with van der Waals surface area (Å²) in [6.07, 6.45) is 3.29. The second kappa shape index (κ2) is 12.2. The number of nitrogens with zero attached hydrogens (tertiary/aromatic N) is 2. The molecule has 0 aromatic heterocycles. The molecule has 1 fully saturated rings. The van der Waals surface area contributed by atoms with Gasteiger partial charge in [-0.15, -0.1) is 0 Å². The van der Waals surface area contributed by atoms with Crippen molar-refractivity contribution in [2.75, 3.05) is 27.2 Å². The number of esters is 1. The zero-order valence-corrected chi connectivity index (χ0v) is 20.8. The predicted octanol–water partition coefficient (Wildman–Crippen LogP) is 2.29. The van der Waals surface area contributed by atoms with Crippen LogP contribution in [0.15, 0.2) is 11.6 Å². The molecule has 9 nitrogen and oxygen atoms in total. The van der Waals surface area contributed by atoms with E-state index in [1.165, 1.54) is 18.7 Å². The first kappa shape index (κ1) is 27.9. The minimum atomic E-state index is -1.54. The molecule has 184 valence electrons. The van der Waals surface area contributed by atoms with Crippen LogP contribution in [0.25, 0.3) is 0 Å². The highest BCUT2D eigenvalue weighted by Gasteiger charge is 2.39. The van der Waals surface area contributed by atoms with Crippen LogP contribution in [0.1, 0.15) is 60.8 Å². The average Bonchev–Trinajstić information content (AvgIpc) is 2.69. The van der Waals surface area contributed by atoms with Crippen LogP contribution >= 0.6 is 0 Å². The summed E-state index contributed by atoms with van der Waals surface area (Å²) in [5.41, 5.74) is -1.15. The molecule has 0 aromatic rings. The predicted molar refractivity (Wildman–Crippen MR) is 122 cm³/mol. The van der Waals surface area contributed by atoms with E-state index >= 15 is 0 Å². The molecule has 2 amide bonds. The summed E-state index contributed by atoms with van der Waals surface area (Å²) >= 11 is 0. The van der Waals surface area contributed by atoms with E-state index in [1.807, 2.05) is 25.8 Å². The van der Waals surface area contributed by atoms with Crippen molar-refractivity contribution < 1.29 is 29.0 Å². The van der Waals surface area contributed by atoms with Crippen LogP contribution in [0, 0.1) is 5.92 Å². The summed E-state index contributed by atoms with van der Waals surface area (Å²) in [4.78, 5) is 41.3. The standard InChI is InChI=1S/C23H41N3O6/c1-9-31-21(28)16(4)14-17(15(2)3)26(8)20(27)19(23(5,6)30)24-22(29)32-18-12-10-11-13-25(18)7/h14-15,17-19,30H,9-13H2,1-8H3,(H,24,29)/b16-14+/t17-,18?,19?/m1/s1. The van der Waals surface area contributed by atoms with E-state index in [0.29, 0.717) is 5.57 Å². The Balaban J connectivity index is 3.02. The van der Waals surface area contributed by atoms with Gasteiger partial charge in [0.25, 0.3) is 0 Å². The van der Waals surface area contributed by atoms with Gasteiger partial charge >= 0.3 is 12.1 Å². The zero-order valence-electron chi connectivity index (χ0n) is 20.8. The Morgan fingerprint density at radius 1 is 1.28 bits per heavy atom. The van der Waals surface area contributed by atoms with E-state index in [9.17, 15) is 19.5 Å². The number of hydrogen-bond acceptors (Lipinski definition) is 7. The van der Waals surface area contributed by atoms with E-state index in [-0.39, 0.29) is 18.8 Å². The highest BCUT2D eigenvalue weighted by Crippen LogP contribution is 2.20. The Kier molecular flexibility index (Phi) is 10.6. The first-order chi connectivity index (χ1) is 14.8. The SMILES string of the molecule is CCOC(=O)/C(C)=C/[C@H](C(C)C)N(C)C(=O)C(NC(=O)OC1CCCCN1C)C(C)(C)O. The maximum Gasteiger partial charge on any atom is 0.409 e. The highest BCUT2D eigenvalue weighted by molar-refractivity contribution is 5.89. The second-order valence-electron chi connectivity index (χ2n) is 9.32. The molecule has 1 rings (SSSR count).